The average Bonchev–Trinajstić information content (AvgIpc) is 1.88. The van der Waals surface area contributed by atoms with E-state index in [9.17, 15) is 5.21 Å². The van der Waals surface area contributed by atoms with Gasteiger partial charge in [-0.15, -0.1) is 0 Å². The van der Waals surface area contributed by atoms with Crippen LogP contribution >= 0.6 is 0 Å². The summed E-state index contributed by atoms with van der Waals surface area (Å²) in [5.41, 5.74) is 1.03. The highest BCUT2D eigenvalue weighted by atomic mass is 16.8. The van der Waals surface area contributed by atoms with Gasteiger partial charge in [-0.1, -0.05) is 6.08 Å². The molecule has 2 unspecified atom stereocenters. The van der Waals surface area contributed by atoms with Crippen molar-refractivity contribution in [2.45, 2.75) is 32.2 Å². The fourth-order valence-electron chi connectivity index (χ4n) is 1.34. The van der Waals surface area contributed by atoms with E-state index in [-0.39, 0.29) is 6.04 Å². The number of nitrogens with one attached hydrogen (secondary N) is 1. The van der Waals surface area contributed by atoms with Gasteiger partial charge in [0.2, 0.25) is 0 Å². The van der Waals surface area contributed by atoms with Crippen molar-refractivity contribution in [1.29, 1.82) is 0 Å². The van der Waals surface area contributed by atoms with Gasteiger partial charge in [0.05, 0.1) is 0 Å². The third-order valence-electron chi connectivity index (χ3n) is 2.01. The molecule has 1 aliphatic rings. The molecule has 0 bridgehead atoms. The van der Waals surface area contributed by atoms with E-state index in [0.717, 1.165) is 24.8 Å². The SMILES string of the molecule is CC1=CCCCC1[NH+]([O-])O. The monoisotopic (exact) mass is 143 g/mol. The second-order valence-electron chi connectivity index (χ2n) is 2.77. The Balaban J connectivity index is 2.58. The van der Waals surface area contributed by atoms with Crippen LogP contribution in [0.4, 0.5) is 0 Å². The van der Waals surface area contributed by atoms with Crippen LogP contribution in [0.15, 0.2) is 11.6 Å². The van der Waals surface area contributed by atoms with E-state index >= 15 is 0 Å². The molecule has 0 aliphatic heterocycles. The van der Waals surface area contributed by atoms with Crippen molar-refractivity contribution in [3.8, 4) is 0 Å². The Morgan fingerprint density at radius 3 is 2.90 bits per heavy atom. The number of hydroxylamine groups is 2. The van der Waals surface area contributed by atoms with Crippen LogP contribution in [0.25, 0.3) is 0 Å². The van der Waals surface area contributed by atoms with Gasteiger partial charge in [0.25, 0.3) is 0 Å². The second-order valence-corrected chi connectivity index (χ2v) is 2.77. The Labute approximate surface area is 60.5 Å². The summed E-state index contributed by atoms with van der Waals surface area (Å²) in [6.45, 7) is 1.90. The van der Waals surface area contributed by atoms with Crippen LogP contribution in [0.5, 0.6) is 0 Å². The van der Waals surface area contributed by atoms with Crippen molar-refractivity contribution < 1.29 is 10.4 Å². The quantitative estimate of drug-likeness (QED) is 0.408. The number of hydrogen-bond acceptors (Lipinski definition) is 2. The lowest BCUT2D eigenvalue weighted by atomic mass is 9.96. The minimum atomic E-state index is -0.673. The Morgan fingerprint density at radius 1 is 1.80 bits per heavy atom. The van der Waals surface area contributed by atoms with Gasteiger partial charge in [-0.25, -0.2) is 10.4 Å². The van der Waals surface area contributed by atoms with Crippen LogP contribution < -0.4 is 5.23 Å². The molecule has 0 radical (unpaired) electrons. The molecule has 3 heteroatoms. The highest BCUT2D eigenvalue weighted by Crippen LogP contribution is 2.14. The van der Waals surface area contributed by atoms with E-state index < -0.39 is 5.23 Å². The Morgan fingerprint density at radius 2 is 2.50 bits per heavy atom. The zero-order valence-electron chi connectivity index (χ0n) is 6.13. The first-order chi connectivity index (χ1) is 4.72. The highest BCUT2D eigenvalue weighted by molar-refractivity contribution is 5.07. The maximum atomic E-state index is 10.5. The summed E-state index contributed by atoms with van der Waals surface area (Å²) in [5.74, 6) is 0. The molecule has 2 atom stereocenters. The lowest BCUT2D eigenvalue weighted by Crippen LogP contribution is -3.09. The van der Waals surface area contributed by atoms with E-state index in [0.29, 0.717) is 0 Å². The zero-order valence-corrected chi connectivity index (χ0v) is 6.13. The van der Waals surface area contributed by atoms with Crippen LogP contribution in [0.1, 0.15) is 26.2 Å². The summed E-state index contributed by atoms with van der Waals surface area (Å²) in [4.78, 5) is 0. The number of rotatable bonds is 1. The molecule has 0 saturated heterocycles. The normalized spacial score (nSPS) is 29.5. The average molecular weight is 143 g/mol. The summed E-state index contributed by atoms with van der Waals surface area (Å²) in [7, 11) is 0. The fourth-order valence-corrected chi connectivity index (χ4v) is 1.34. The van der Waals surface area contributed by atoms with Gasteiger partial charge in [-0.2, -0.15) is 0 Å². The highest BCUT2D eigenvalue weighted by Gasteiger charge is 2.19. The molecule has 0 spiro atoms. The van der Waals surface area contributed by atoms with Crippen molar-refractivity contribution >= 4 is 0 Å². The molecule has 2 N–H and O–H groups in total. The largest absolute Gasteiger partial charge is 0.600 e. The standard InChI is InChI=1S/C7H13NO2/c1-6-4-2-3-5-7(6)8(9)10/h4,7-9H,2-3,5H2,1H3. The van der Waals surface area contributed by atoms with E-state index in [1.54, 1.807) is 0 Å². The molecule has 1 aliphatic carbocycles. The molecule has 58 valence electrons. The molecular weight excluding hydrogens is 130 g/mol. The van der Waals surface area contributed by atoms with E-state index in [1.165, 1.54) is 0 Å². The molecule has 3 nitrogen and oxygen atoms in total. The Kier molecular flexibility index (Phi) is 2.43. The van der Waals surface area contributed by atoms with Crippen LogP contribution in [0, 0.1) is 5.21 Å². The topological polar surface area (TPSA) is 47.7 Å². The lowest BCUT2D eigenvalue weighted by Gasteiger charge is -2.27. The summed E-state index contributed by atoms with van der Waals surface area (Å²) in [5, 5.41) is 18.5. The Bertz CT molecular complexity index is 143. The van der Waals surface area contributed by atoms with E-state index in [2.05, 4.69) is 0 Å². The van der Waals surface area contributed by atoms with E-state index in [1.807, 2.05) is 13.0 Å². The van der Waals surface area contributed by atoms with Crippen molar-refractivity contribution in [3.05, 3.63) is 16.9 Å². The molecule has 0 fully saturated rings. The maximum Gasteiger partial charge on any atom is 0.138 e. The number of allylic oxidation sites excluding steroid dienone is 1. The molecule has 0 amide bonds. The van der Waals surface area contributed by atoms with Crippen LogP contribution in [0.3, 0.4) is 0 Å². The first kappa shape index (κ1) is 7.72. The van der Waals surface area contributed by atoms with Gasteiger partial charge in [0, 0.05) is 6.42 Å². The summed E-state index contributed by atoms with van der Waals surface area (Å²) >= 11 is 0. The third-order valence-corrected chi connectivity index (χ3v) is 2.01. The van der Waals surface area contributed by atoms with Gasteiger partial charge in [0.1, 0.15) is 6.04 Å². The van der Waals surface area contributed by atoms with Gasteiger partial charge < -0.3 is 5.21 Å². The molecule has 10 heavy (non-hydrogen) atoms. The predicted molar refractivity (Wildman–Crippen MR) is 37.5 cm³/mol. The van der Waals surface area contributed by atoms with Crippen molar-refractivity contribution in [2.24, 2.45) is 0 Å². The molecule has 0 heterocycles. The summed E-state index contributed by atoms with van der Waals surface area (Å²) in [6, 6.07) is -0.200. The molecule has 1 rings (SSSR count). The van der Waals surface area contributed by atoms with Crippen LogP contribution in [-0.4, -0.2) is 11.2 Å². The van der Waals surface area contributed by atoms with Crippen molar-refractivity contribution in [3.63, 3.8) is 0 Å². The van der Waals surface area contributed by atoms with Crippen LogP contribution in [-0.2, 0) is 0 Å². The summed E-state index contributed by atoms with van der Waals surface area (Å²) < 4.78 is 0. The minimum absolute atomic E-state index is 0.200. The van der Waals surface area contributed by atoms with Gasteiger partial charge in [0.15, 0.2) is 0 Å². The van der Waals surface area contributed by atoms with Gasteiger partial charge in [-0.05, 0) is 25.3 Å². The first-order valence-electron chi connectivity index (χ1n) is 3.61. The smallest absolute Gasteiger partial charge is 0.138 e. The fraction of sp³-hybridized carbons (Fsp3) is 0.714. The first-order valence-corrected chi connectivity index (χ1v) is 3.61. The molecule has 0 aromatic heterocycles. The van der Waals surface area contributed by atoms with Gasteiger partial charge in [-0.3, -0.25) is 0 Å². The van der Waals surface area contributed by atoms with Crippen molar-refractivity contribution in [1.82, 2.24) is 0 Å². The third kappa shape index (κ3) is 1.56. The van der Waals surface area contributed by atoms with Crippen LogP contribution in [0.2, 0.25) is 0 Å². The van der Waals surface area contributed by atoms with E-state index in [4.69, 9.17) is 5.21 Å². The number of hydrogen-bond donors (Lipinski definition) is 2. The molecule has 0 saturated carbocycles. The Hall–Kier alpha value is -0.380. The molecule has 0 aromatic rings. The maximum absolute atomic E-state index is 10.5. The minimum Gasteiger partial charge on any atom is -0.600 e. The lowest BCUT2D eigenvalue weighted by molar-refractivity contribution is -1.06. The van der Waals surface area contributed by atoms with Gasteiger partial charge >= 0.3 is 0 Å². The molecular formula is C7H13NO2. The predicted octanol–water partition coefficient (Wildman–Crippen LogP) is 0.257. The summed E-state index contributed by atoms with van der Waals surface area (Å²) in [6.07, 6.45) is 4.92. The van der Waals surface area contributed by atoms with Crippen molar-refractivity contribution in [2.75, 3.05) is 0 Å². The molecule has 0 aromatic carbocycles. The second kappa shape index (κ2) is 3.14. The number of quaternary nitrogens is 1. The zero-order chi connectivity index (χ0) is 7.56.